The van der Waals surface area contributed by atoms with E-state index in [1.165, 1.54) is 25.3 Å². The van der Waals surface area contributed by atoms with Gasteiger partial charge in [0, 0.05) is 12.1 Å². The van der Waals surface area contributed by atoms with Gasteiger partial charge in [-0.15, -0.1) is 0 Å². The number of imide groups is 1. The van der Waals surface area contributed by atoms with E-state index in [9.17, 15) is 19.7 Å². The first kappa shape index (κ1) is 20.5. The highest BCUT2D eigenvalue weighted by Crippen LogP contribution is 2.33. The number of ether oxygens (including phenoxy) is 2. The highest BCUT2D eigenvalue weighted by atomic mass is 16.6. The van der Waals surface area contributed by atoms with Crippen LogP contribution in [-0.4, -0.2) is 29.0 Å². The average Bonchev–Trinajstić information content (AvgIpc) is 3.08. The predicted octanol–water partition coefficient (Wildman–Crippen LogP) is 3.89. The number of carbonyl (C=O) groups is 2. The summed E-state index contributed by atoms with van der Waals surface area (Å²) >= 11 is 0. The monoisotopic (exact) mass is 432 g/mol. The van der Waals surface area contributed by atoms with Crippen molar-refractivity contribution in [2.24, 2.45) is 0 Å². The van der Waals surface area contributed by atoms with Gasteiger partial charge in [0.1, 0.15) is 11.9 Å². The van der Waals surface area contributed by atoms with Gasteiger partial charge < -0.3 is 14.8 Å². The SMILES string of the molecule is COc1cc(/C=C2\NC(=O)N(c3ccccc3)C2=O)ccc1Oc1ccc([N+](=O)[O-])cn1. The number of para-hydroxylation sites is 1. The Labute approximate surface area is 181 Å². The summed E-state index contributed by atoms with van der Waals surface area (Å²) in [7, 11) is 1.45. The number of rotatable bonds is 6. The fourth-order valence-corrected chi connectivity index (χ4v) is 3.03. The van der Waals surface area contributed by atoms with Crippen LogP contribution in [0.5, 0.6) is 17.4 Å². The van der Waals surface area contributed by atoms with Crippen LogP contribution in [0, 0.1) is 10.1 Å². The molecule has 10 heteroatoms. The molecule has 3 amide bonds. The van der Waals surface area contributed by atoms with Crippen molar-refractivity contribution in [3.8, 4) is 17.4 Å². The van der Waals surface area contributed by atoms with Crippen LogP contribution < -0.4 is 19.7 Å². The number of hydrogen-bond donors (Lipinski definition) is 1. The molecular formula is C22H16N4O6. The number of nitrogens with one attached hydrogen (secondary N) is 1. The van der Waals surface area contributed by atoms with Crippen LogP contribution in [0.2, 0.25) is 0 Å². The first-order valence-electron chi connectivity index (χ1n) is 9.35. The topological polar surface area (TPSA) is 124 Å². The molecule has 0 spiro atoms. The second-order valence-electron chi connectivity index (χ2n) is 6.59. The molecule has 0 radical (unpaired) electrons. The molecule has 1 saturated heterocycles. The summed E-state index contributed by atoms with van der Waals surface area (Å²) in [6.07, 6.45) is 2.62. The highest BCUT2D eigenvalue weighted by Gasteiger charge is 2.34. The lowest BCUT2D eigenvalue weighted by atomic mass is 10.1. The fourth-order valence-electron chi connectivity index (χ4n) is 3.03. The van der Waals surface area contributed by atoms with E-state index < -0.39 is 16.9 Å². The molecule has 2 heterocycles. The zero-order chi connectivity index (χ0) is 22.7. The molecule has 1 N–H and O–H groups in total. The zero-order valence-electron chi connectivity index (χ0n) is 16.7. The van der Waals surface area contributed by atoms with Crippen molar-refractivity contribution < 1.29 is 24.0 Å². The summed E-state index contributed by atoms with van der Waals surface area (Å²) < 4.78 is 11.0. The molecule has 10 nitrogen and oxygen atoms in total. The molecule has 0 atom stereocenters. The van der Waals surface area contributed by atoms with Gasteiger partial charge in [0.15, 0.2) is 11.5 Å². The maximum atomic E-state index is 12.7. The molecule has 2 aromatic carbocycles. The summed E-state index contributed by atoms with van der Waals surface area (Å²) in [6.45, 7) is 0. The van der Waals surface area contributed by atoms with Crippen molar-refractivity contribution in [3.05, 3.63) is 88.2 Å². The summed E-state index contributed by atoms with van der Waals surface area (Å²) in [5, 5.41) is 13.3. The Hall–Kier alpha value is -4.73. The Bertz CT molecular complexity index is 1220. The summed E-state index contributed by atoms with van der Waals surface area (Å²) in [4.78, 5) is 40.2. The number of hydrogen-bond acceptors (Lipinski definition) is 7. The molecule has 0 saturated carbocycles. The molecule has 3 aromatic rings. The number of benzene rings is 2. The first-order valence-corrected chi connectivity index (χ1v) is 9.35. The molecule has 32 heavy (non-hydrogen) atoms. The zero-order valence-corrected chi connectivity index (χ0v) is 16.7. The first-order chi connectivity index (χ1) is 15.5. The van der Waals surface area contributed by atoms with Crippen molar-refractivity contribution in [2.45, 2.75) is 0 Å². The van der Waals surface area contributed by atoms with Crippen molar-refractivity contribution in [1.82, 2.24) is 10.3 Å². The van der Waals surface area contributed by atoms with Crippen LogP contribution >= 0.6 is 0 Å². The lowest BCUT2D eigenvalue weighted by molar-refractivity contribution is -0.385. The molecular weight excluding hydrogens is 416 g/mol. The van der Waals surface area contributed by atoms with E-state index in [2.05, 4.69) is 10.3 Å². The Balaban J connectivity index is 1.56. The van der Waals surface area contributed by atoms with Gasteiger partial charge in [0.25, 0.3) is 11.6 Å². The molecule has 0 unspecified atom stereocenters. The average molecular weight is 432 g/mol. The Morgan fingerprint density at radius 3 is 2.50 bits per heavy atom. The molecule has 0 bridgehead atoms. The maximum absolute atomic E-state index is 12.7. The lowest BCUT2D eigenvalue weighted by Gasteiger charge is -2.11. The van der Waals surface area contributed by atoms with Crippen LogP contribution in [0.3, 0.4) is 0 Å². The summed E-state index contributed by atoms with van der Waals surface area (Å²) in [5.74, 6) is 0.340. The van der Waals surface area contributed by atoms with E-state index in [1.54, 1.807) is 48.5 Å². The number of carbonyl (C=O) groups excluding carboxylic acids is 2. The van der Waals surface area contributed by atoms with Crippen LogP contribution in [0.1, 0.15) is 5.56 Å². The second-order valence-corrected chi connectivity index (χ2v) is 6.59. The number of nitro groups is 1. The minimum absolute atomic E-state index is 0.117. The fraction of sp³-hybridized carbons (Fsp3) is 0.0455. The van der Waals surface area contributed by atoms with E-state index in [1.807, 2.05) is 0 Å². The highest BCUT2D eigenvalue weighted by molar-refractivity contribution is 6.28. The minimum atomic E-state index is -0.554. The van der Waals surface area contributed by atoms with Gasteiger partial charge in [-0.2, -0.15) is 0 Å². The Kier molecular flexibility index (Phi) is 5.49. The predicted molar refractivity (Wildman–Crippen MR) is 114 cm³/mol. The van der Waals surface area contributed by atoms with E-state index in [0.717, 1.165) is 11.1 Å². The van der Waals surface area contributed by atoms with Crippen LogP contribution in [0.25, 0.3) is 6.08 Å². The van der Waals surface area contributed by atoms with Gasteiger partial charge in [-0.3, -0.25) is 14.9 Å². The molecule has 160 valence electrons. The Morgan fingerprint density at radius 1 is 1.06 bits per heavy atom. The van der Waals surface area contributed by atoms with Crippen molar-refractivity contribution in [2.75, 3.05) is 12.0 Å². The quantitative estimate of drug-likeness (QED) is 0.271. The van der Waals surface area contributed by atoms with Crippen molar-refractivity contribution in [3.63, 3.8) is 0 Å². The van der Waals surface area contributed by atoms with Crippen LogP contribution in [-0.2, 0) is 4.79 Å². The third-order valence-corrected chi connectivity index (χ3v) is 4.54. The van der Waals surface area contributed by atoms with Crippen LogP contribution in [0.4, 0.5) is 16.2 Å². The van der Waals surface area contributed by atoms with Gasteiger partial charge in [-0.25, -0.2) is 14.7 Å². The van der Waals surface area contributed by atoms with Gasteiger partial charge in [-0.05, 0) is 35.9 Å². The van der Waals surface area contributed by atoms with E-state index in [0.29, 0.717) is 22.7 Å². The van der Waals surface area contributed by atoms with Gasteiger partial charge in [0.05, 0.1) is 17.7 Å². The van der Waals surface area contributed by atoms with E-state index in [-0.39, 0.29) is 17.3 Å². The third-order valence-electron chi connectivity index (χ3n) is 4.54. The molecule has 1 aliphatic heterocycles. The molecule has 1 aliphatic rings. The Morgan fingerprint density at radius 2 is 1.84 bits per heavy atom. The molecule has 1 fully saturated rings. The largest absolute Gasteiger partial charge is 0.493 e. The number of pyridine rings is 1. The minimum Gasteiger partial charge on any atom is -0.493 e. The second kappa shape index (κ2) is 8.56. The number of amides is 3. The third kappa shape index (κ3) is 4.10. The summed E-state index contributed by atoms with van der Waals surface area (Å²) in [5.41, 5.74) is 1.02. The normalized spacial score (nSPS) is 14.4. The number of nitrogens with zero attached hydrogens (tertiary/aromatic N) is 3. The molecule has 0 aliphatic carbocycles. The standard InChI is InChI=1S/C22H16N4O6/c1-31-19-12-14(7-9-18(19)32-20-10-8-16(13-23-20)26(29)30)11-17-21(27)25(22(28)24-17)15-5-3-2-4-6-15/h2-13H,1H3,(H,24,28)/b17-11-. The van der Waals surface area contributed by atoms with Crippen molar-refractivity contribution in [1.29, 1.82) is 0 Å². The maximum Gasteiger partial charge on any atom is 0.333 e. The molecule has 1 aromatic heterocycles. The van der Waals surface area contributed by atoms with Gasteiger partial charge in [0.2, 0.25) is 5.88 Å². The number of aromatic nitrogens is 1. The lowest BCUT2D eigenvalue weighted by Crippen LogP contribution is -2.30. The smallest absolute Gasteiger partial charge is 0.333 e. The summed E-state index contributed by atoms with van der Waals surface area (Å²) in [6, 6.07) is 15.6. The number of methoxy groups -OCH3 is 1. The number of anilines is 1. The van der Waals surface area contributed by atoms with E-state index >= 15 is 0 Å². The van der Waals surface area contributed by atoms with Crippen molar-refractivity contribution >= 4 is 29.4 Å². The van der Waals surface area contributed by atoms with Crippen LogP contribution in [0.15, 0.2) is 72.6 Å². The molecule has 4 rings (SSSR count). The van der Waals surface area contributed by atoms with Gasteiger partial charge in [-0.1, -0.05) is 24.3 Å². The number of urea groups is 1. The van der Waals surface area contributed by atoms with E-state index in [4.69, 9.17) is 9.47 Å². The van der Waals surface area contributed by atoms with Gasteiger partial charge >= 0.3 is 6.03 Å².